The lowest BCUT2D eigenvalue weighted by Crippen LogP contribution is -2.40. The number of carbonyl (C=O) groups is 3. The number of rotatable bonds is 3. The van der Waals surface area contributed by atoms with Crippen molar-refractivity contribution < 1.29 is 18.8 Å². The molecule has 1 aromatic carbocycles. The lowest BCUT2D eigenvalue weighted by molar-refractivity contribution is -0.121. The van der Waals surface area contributed by atoms with Crippen LogP contribution in [0.15, 0.2) is 12.1 Å². The van der Waals surface area contributed by atoms with Crippen LogP contribution in [0.1, 0.15) is 15.9 Å². The summed E-state index contributed by atoms with van der Waals surface area (Å²) in [6, 6.07) is 2.63. The van der Waals surface area contributed by atoms with Gasteiger partial charge in [0.25, 0.3) is 11.7 Å². The van der Waals surface area contributed by atoms with Gasteiger partial charge in [-0.15, -0.1) is 6.42 Å². The molecule has 2 rings (SSSR count). The monoisotopic (exact) mass is 274 g/mol. The van der Waals surface area contributed by atoms with E-state index in [2.05, 4.69) is 11.2 Å². The molecule has 0 atom stereocenters. The van der Waals surface area contributed by atoms with Crippen molar-refractivity contribution >= 4 is 23.3 Å². The van der Waals surface area contributed by atoms with Gasteiger partial charge in [-0.3, -0.25) is 19.3 Å². The van der Waals surface area contributed by atoms with Gasteiger partial charge in [-0.25, -0.2) is 4.39 Å². The zero-order chi connectivity index (χ0) is 14.9. The third kappa shape index (κ3) is 2.26. The molecule has 20 heavy (non-hydrogen) atoms. The number of hydrogen-bond acceptors (Lipinski definition) is 3. The second-order valence-corrected chi connectivity index (χ2v) is 4.34. The molecule has 2 amide bonds. The summed E-state index contributed by atoms with van der Waals surface area (Å²) in [4.78, 5) is 36.0. The Hall–Kier alpha value is -2.68. The minimum atomic E-state index is -0.916. The molecule has 0 bridgehead atoms. The van der Waals surface area contributed by atoms with Crippen LogP contribution in [-0.4, -0.2) is 30.7 Å². The lowest BCUT2D eigenvalue weighted by Gasteiger charge is -2.16. The fraction of sp³-hybridized carbons (Fsp3) is 0.214. The van der Waals surface area contributed by atoms with E-state index in [4.69, 9.17) is 6.42 Å². The van der Waals surface area contributed by atoms with E-state index >= 15 is 0 Å². The van der Waals surface area contributed by atoms with E-state index in [1.54, 1.807) is 6.92 Å². The van der Waals surface area contributed by atoms with E-state index in [1.807, 2.05) is 0 Å². The highest BCUT2D eigenvalue weighted by Crippen LogP contribution is 2.32. The molecular weight excluding hydrogens is 263 g/mol. The Morgan fingerprint density at radius 3 is 2.80 bits per heavy atom. The summed E-state index contributed by atoms with van der Waals surface area (Å²) in [6.07, 6.45) is 4.99. The van der Waals surface area contributed by atoms with Gasteiger partial charge in [0, 0.05) is 0 Å². The van der Waals surface area contributed by atoms with Gasteiger partial charge in [0.15, 0.2) is 0 Å². The van der Waals surface area contributed by atoms with E-state index in [1.165, 1.54) is 12.1 Å². The molecule has 102 valence electrons. The van der Waals surface area contributed by atoms with Gasteiger partial charge < -0.3 is 5.32 Å². The number of fused-ring (bicyclic) bond motifs is 1. The summed E-state index contributed by atoms with van der Waals surface area (Å²) in [7, 11) is 0. The van der Waals surface area contributed by atoms with E-state index in [-0.39, 0.29) is 17.8 Å². The van der Waals surface area contributed by atoms with Crippen LogP contribution in [0.4, 0.5) is 10.1 Å². The van der Waals surface area contributed by atoms with E-state index in [9.17, 15) is 18.8 Å². The number of aryl methyl sites for hydroxylation is 1. The fourth-order valence-electron chi connectivity index (χ4n) is 2.02. The first-order chi connectivity index (χ1) is 9.45. The minimum absolute atomic E-state index is 0.00194. The number of carbonyl (C=O) groups excluding carboxylic acids is 3. The highest BCUT2D eigenvalue weighted by Gasteiger charge is 2.39. The second-order valence-electron chi connectivity index (χ2n) is 4.34. The van der Waals surface area contributed by atoms with Crippen molar-refractivity contribution in [1.29, 1.82) is 0 Å². The van der Waals surface area contributed by atoms with Crippen LogP contribution in [0.3, 0.4) is 0 Å². The summed E-state index contributed by atoms with van der Waals surface area (Å²) >= 11 is 0. The van der Waals surface area contributed by atoms with Crippen molar-refractivity contribution in [3.05, 3.63) is 29.1 Å². The maximum absolute atomic E-state index is 13.9. The summed E-state index contributed by atoms with van der Waals surface area (Å²) < 4.78 is 13.9. The Labute approximate surface area is 114 Å². The Kier molecular flexibility index (Phi) is 3.53. The van der Waals surface area contributed by atoms with Crippen molar-refractivity contribution in [3.63, 3.8) is 0 Å². The van der Waals surface area contributed by atoms with Gasteiger partial charge in [-0.1, -0.05) is 5.92 Å². The average Bonchev–Trinajstić information content (AvgIpc) is 2.62. The van der Waals surface area contributed by atoms with Gasteiger partial charge in [0.05, 0.1) is 17.8 Å². The van der Waals surface area contributed by atoms with Crippen molar-refractivity contribution in [2.24, 2.45) is 0 Å². The quantitative estimate of drug-likeness (QED) is 0.641. The number of terminal acetylenes is 1. The first-order valence-electron chi connectivity index (χ1n) is 5.82. The standard InChI is InChI=1S/C14H11FN2O3/c1-3-4-16-11(18)7-17-12-9(13(19)14(17)20)5-8(2)6-10(12)15/h1,5-6H,4,7H2,2H3,(H,16,18). The van der Waals surface area contributed by atoms with Gasteiger partial charge >= 0.3 is 0 Å². The number of Topliss-reactive ketones (excluding diaryl/α,β-unsaturated/α-hetero) is 1. The van der Waals surface area contributed by atoms with Gasteiger partial charge in [-0.2, -0.15) is 0 Å². The van der Waals surface area contributed by atoms with Crippen molar-refractivity contribution in [3.8, 4) is 12.3 Å². The van der Waals surface area contributed by atoms with Gasteiger partial charge in [-0.05, 0) is 24.6 Å². The molecule has 1 aliphatic heterocycles. The smallest absolute Gasteiger partial charge is 0.300 e. The highest BCUT2D eigenvalue weighted by molar-refractivity contribution is 6.52. The average molecular weight is 274 g/mol. The molecule has 0 unspecified atom stereocenters. The maximum atomic E-state index is 13.9. The van der Waals surface area contributed by atoms with Crippen LogP contribution in [-0.2, 0) is 9.59 Å². The summed E-state index contributed by atoms with van der Waals surface area (Å²) in [5.41, 5.74) is 0.361. The predicted octanol–water partition coefficient (Wildman–Crippen LogP) is 0.413. The first-order valence-corrected chi connectivity index (χ1v) is 5.82. The molecule has 0 aliphatic carbocycles. The van der Waals surface area contributed by atoms with Crippen LogP contribution in [0.5, 0.6) is 0 Å². The number of nitrogens with zero attached hydrogens (tertiary/aromatic N) is 1. The van der Waals surface area contributed by atoms with Crippen LogP contribution < -0.4 is 10.2 Å². The topological polar surface area (TPSA) is 66.5 Å². The maximum Gasteiger partial charge on any atom is 0.300 e. The molecule has 1 heterocycles. The molecule has 0 saturated carbocycles. The molecule has 0 saturated heterocycles. The minimum Gasteiger partial charge on any atom is -0.344 e. The number of anilines is 1. The van der Waals surface area contributed by atoms with Crippen LogP contribution in [0, 0.1) is 25.1 Å². The number of ketones is 1. The third-order valence-electron chi connectivity index (χ3n) is 2.85. The molecular formula is C14H11FN2O3. The van der Waals surface area contributed by atoms with E-state index < -0.39 is 30.0 Å². The van der Waals surface area contributed by atoms with Crippen LogP contribution in [0.25, 0.3) is 0 Å². The lowest BCUT2D eigenvalue weighted by atomic mass is 10.1. The number of benzene rings is 1. The van der Waals surface area contributed by atoms with Crippen molar-refractivity contribution in [2.45, 2.75) is 6.92 Å². The first kappa shape index (κ1) is 13.7. The number of halogens is 1. The Morgan fingerprint density at radius 2 is 2.15 bits per heavy atom. The molecule has 1 aromatic rings. The predicted molar refractivity (Wildman–Crippen MR) is 69.7 cm³/mol. The summed E-state index contributed by atoms with van der Waals surface area (Å²) in [5, 5.41) is 2.35. The normalized spacial score (nSPS) is 13.2. The molecule has 5 nitrogen and oxygen atoms in total. The van der Waals surface area contributed by atoms with Gasteiger partial charge in [0.1, 0.15) is 12.4 Å². The largest absolute Gasteiger partial charge is 0.344 e. The zero-order valence-corrected chi connectivity index (χ0v) is 10.7. The van der Waals surface area contributed by atoms with Crippen LogP contribution in [0.2, 0.25) is 0 Å². The van der Waals surface area contributed by atoms with Crippen LogP contribution >= 0.6 is 0 Å². The Morgan fingerprint density at radius 1 is 1.45 bits per heavy atom. The van der Waals surface area contributed by atoms with Gasteiger partial charge in [0.2, 0.25) is 5.91 Å². The number of nitrogens with one attached hydrogen (secondary N) is 1. The SMILES string of the molecule is C#CCNC(=O)CN1C(=O)C(=O)c2cc(C)cc(F)c21. The Balaban J connectivity index is 2.34. The van der Waals surface area contributed by atoms with Crippen molar-refractivity contribution in [2.75, 3.05) is 18.0 Å². The molecule has 0 spiro atoms. The second kappa shape index (κ2) is 5.13. The summed E-state index contributed by atoms with van der Waals surface area (Å²) in [6.45, 7) is 1.17. The molecule has 0 aromatic heterocycles. The highest BCUT2D eigenvalue weighted by atomic mass is 19.1. The number of amides is 2. The van der Waals surface area contributed by atoms with E-state index in [0.29, 0.717) is 5.56 Å². The molecule has 1 aliphatic rings. The molecule has 6 heteroatoms. The number of hydrogen-bond donors (Lipinski definition) is 1. The molecule has 1 N–H and O–H groups in total. The Bertz CT molecular complexity index is 661. The molecule has 0 fully saturated rings. The third-order valence-corrected chi connectivity index (χ3v) is 2.85. The van der Waals surface area contributed by atoms with Crippen molar-refractivity contribution in [1.82, 2.24) is 5.32 Å². The zero-order valence-electron chi connectivity index (χ0n) is 10.7. The fourth-order valence-corrected chi connectivity index (χ4v) is 2.02. The molecule has 0 radical (unpaired) electrons. The summed E-state index contributed by atoms with van der Waals surface area (Å²) in [5.74, 6) is -0.787. The van der Waals surface area contributed by atoms with E-state index in [0.717, 1.165) is 4.90 Å².